The standard InChI is InChI=1S/C17H11F3N2O4S/c18-17(19,20)14-8-13(3-1-12(14)9-21)27(24,25)22-16(23)11-2-4-15-10(7-11)5-6-26-15/h1-4,7-8H,5-6H2,(H,22,23). The number of carbonyl (C=O) groups is 1. The molecule has 2 aromatic carbocycles. The van der Waals surface area contributed by atoms with E-state index in [1.165, 1.54) is 24.3 Å². The van der Waals surface area contributed by atoms with Crippen molar-refractivity contribution in [1.82, 2.24) is 4.72 Å². The molecule has 140 valence electrons. The summed E-state index contributed by atoms with van der Waals surface area (Å²) in [6, 6.07) is 7.60. The fourth-order valence-corrected chi connectivity index (χ4v) is 3.59. The van der Waals surface area contributed by atoms with Crippen molar-refractivity contribution in [2.45, 2.75) is 17.5 Å². The van der Waals surface area contributed by atoms with Crippen LogP contribution in [0, 0.1) is 11.3 Å². The number of halogens is 3. The first-order valence-corrected chi connectivity index (χ1v) is 9.04. The van der Waals surface area contributed by atoms with Crippen LogP contribution < -0.4 is 9.46 Å². The summed E-state index contributed by atoms with van der Waals surface area (Å²) in [6.07, 6.45) is -4.35. The smallest absolute Gasteiger partial charge is 0.417 e. The molecule has 6 nitrogen and oxygen atoms in total. The topological polar surface area (TPSA) is 96.3 Å². The number of ether oxygens (including phenoxy) is 1. The van der Waals surface area contributed by atoms with E-state index in [-0.39, 0.29) is 5.56 Å². The van der Waals surface area contributed by atoms with Gasteiger partial charge in [-0.1, -0.05) is 0 Å². The number of amides is 1. The van der Waals surface area contributed by atoms with Crippen molar-refractivity contribution in [3.8, 4) is 11.8 Å². The van der Waals surface area contributed by atoms with Gasteiger partial charge in [0.2, 0.25) is 0 Å². The second-order valence-corrected chi connectivity index (χ2v) is 7.35. The second kappa shape index (κ2) is 6.59. The number of fused-ring (bicyclic) bond motifs is 1. The highest BCUT2D eigenvalue weighted by Crippen LogP contribution is 2.33. The highest BCUT2D eigenvalue weighted by Gasteiger charge is 2.35. The maximum absolute atomic E-state index is 13.0. The molecule has 0 atom stereocenters. The third-order valence-electron chi connectivity index (χ3n) is 3.91. The molecule has 0 aromatic heterocycles. The fourth-order valence-electron chi connectivity index (χ4n) is 2.59. The molecule has 0 saturated heterocycles. The third-order valence-corrected chi connectivity index (χ3v) is 5.23. The summed E-state index contributed by atoms with van der Waals surface area (Å²) < 4.78 is 70.7. The maximum Gasteiger partial charge on any atom is 0.417 e. The molecule has 0 spiro atoms. The van der Waals surface area contributed by atoms with E-state index in [2.05, 4.69) is 0 Å². The summed E-state index contributed by atoms with van der Waals surface area (Å²) in [7, 11) is -4.57. The molecule has 1 heterocycles. The van der Waals surface area contributed by atoms with E-state index in [0.717, 1.165) is 17.7 Å². The van der Waals surface area contributed by atoms with E-state index in [1.807, 2.05) is 0 Å². The predicted octanol–water partition coefficient (Wildman–Crippen LogP) is 2.63. The summed E-state index contributed by atoms with van der Waals surface area (Å²) >= 11 is 0. The minimum atomic E-state index is -4.92. The Morgan fingerprint density at radius 1 is 1.19 bits per heavy atom. The van der Waals surface area contributed by atoms with Crippen molar-refractivity contribution in [2.24, 2.45) is 0 Å². The Morgan fingerprint density at radius 2 is 1.93 bits per heavy atom. The van der Waals surface area contributed by atoms with Crippen molar-refractivity contribution in [1.29, 1.82) is 5.26 Å². The highest BCUT2D eigenvalue weighted by atomic mass is 32.2. The van der Waals surface area contributed by atoms with E-state index in [9.17, 15) is 26.4 Å². The average molecular weight is 396 g/mol. The molecule has 1 aliphatic rings. The van der Waals surface area contributed by atoms with Gasteiger partial charge in [0.25, 0.3) is 15.9 Å². The number of benzene rings is 2. The Hall–Kier alpha value is -3.06. The van der Waals surface area contributed by atoms with Gasteiger partial charge in [-0.15, -0.1) is 0 Å². The number of nitrogens with zero attached hydrogens (tertiary/aromatic N) is 1. The summed E-state index contributed by atoms with van der Waals surface area (Å²) in [5.41, 5.74) is -1.34. The van der Waals surface area contributed by atoms with Gasteiger partial charge in [0.05, 0.1) is 28.7 Å². The van der Waals surface area contributed by atoms with Gasteiger partial charge < -0.3 is 4.74 Å². The molecule has 1 N–H and O–H groups in total. The number of nitrogens with one attached hydrogen (secondary N) is 1. The van der Waals surface area contributed by atoms with Gasteiger partial charge in [0.15, 0.2) is 0 Å². The lowest BCUT2D eigenvalue weighted by Crippen LogP contribution is -2.31. The van der Waals surface area contributed by atoms with Crippen molar-refractivity contribution in [2.75, 3.05) is 6.61 Å². The monoisotopic (exact) mass is 396 g/mol. The van der Waals surface area contributed by atoms with Crippen LogP contribution >= 0.6 is 0 Å². The lowest BCUT2D eigenvalue weighted by molar-refractivity contribution is -0.137. The molecule has 0 fully saturated rings. The molecule has 1 aliphatic heterocycles. The second-order valence-electron chi connectivity index (χ2n) is 5.67. The SMILES string of the molecule is N#Cc1ccc(S(=O)(=O)NC(=O)c2ccc3c(c2)CCO3)cc1C(F)(F)F. The molecule has 0 unspecified atom stereocenters. The summed E-state index contributed by atoms with van der Waals surface area (Å²) in [4.78, 5) is 11.5. The molecular weight excluding hydrogens is 385 g/mol. The van der Waals surface area contributed by atoms with Crippen LogP contribution in [0.5, 0.6) is 5.75 Å². The van der Waals surface area contributed by atoms with Crippen molar-refractivity contribution in [3.05, 3.63) is 58.7 Å². The first-order valence-electron chi connectivity index (χ1n) is 7.56. The van der Waals surface area contributed by atoms with E-state index in [4.69, 9.17) is 10.00 Å². The Labute approximate surface area is 152 Å². The lowest BCUT2D eigenvalue weighted by Gasteiger charge is -2.12. The molecule has 2 aromatic rings. The van der Waals surface area contributed by atoms with Crippen molar-refractivity contribution >= 4 is 15.9 Å². The molecule has 0 saturated carbocycles. The predicted molar refractivity (Wildman–Crippen MR) is 86.5 cm³/mol. The van der Waals surface area contributed by atoms with Crippen LogP contribution in [0.25, 0.3) is 0 Å². The van der Waals surface area contributed by atoms with Gasteiger partial charge in [0, 0.05) is 12.0 Å². The molecule has 3 rings (SSSR count). The largest absolute Gasteiger partial charge is 0.493 e. The normalized spacial score (nSPS) is 13.4. The van der Waals surface area contributed by atoms with E-state index in [1.54, 1.807) is 4.72 Å². The maximum atomic E-state index is 13.0. The number of hydrogen-bond acceptors (Lipinski definition) is 5. The van der Waals surface area contributed by atoms with Crippen molar-refractivity contribution < 1.29 is 31.1 Å². The highest BCUT2D eigenvalue weighted by molar-refractivity contribution is 7.90. The zero-order valence-electron chi connectivity index (χ0n) is 13.5. The summed E-state index contributed by atoms with van der Waals surface area (Å²) in [6.45, 7) is 0.449. The average Bonchev–Trinajstić information content (AvgIpc) is 3.07. The van der Waals surface area contributed by atoms with E-state index >= 15 is 0 Å². The molecule has 1 amide bonds. The van der Waals surface area contributed by atoms with Crippen LogP contribution in [0.1, 0.15) is 27.0 Å². The Morgan fingerprint density at radius 3 is 2.59 bits per heavy atom. The Kier molecular flexibility index (Phi) is 4.57. The number of sulfonamides is 1. The number of rotatable bonds is 3. The third kappa shape index (κ3) is 3.73. The van der Waals surface area contributed by atoms with Crippen LogP contribution in [0.2, 0.25) is 0 Å². The van der Waals surface area contributed by atoms with Gasteiger partial charge in [0.1, 0.15) is 5.75 Å². The van der Waals surface area contributed by atoms with Crippen LogP contribution in [0.15, 0.2) is 41.3 Å². The molecular formula is C17H11F3N2O4S. The van der Waals surface area contributed by atoms with Gasteiger partial charge in [-0.3, -0.25) is 4.79 Å². The van der Waals surface area contributed by atoms with Crippen LogP contribution in [-0.4, -0.2) is 20.9 Å². The summed E-state index contributed by atoms with van der Waals surface area (Å²) in [5, 5.41) is 8.77. The van der Waals surface area contributed by atoms with Gasteiger partial charge in [-0.2, -0.15) is 18.4 Å². The number of carbonyl (C=O) groups excluding carboxylic acids is 1. The first kappa shape index (κ1) is 18.7. The minimum absolute atomic E-state index is 0.0347. The van der Waals surface area contributed by atoms with Gasteiger partial charge >= 0.3 is 6.18 Å². The first-order chi connectivity index (χ1) is 12.6. The van der Waals surface area contributed by atoms with E-state index < -0.39 is 38.1 Å². The Balaban J connectivity index is 1.91. The number of nitriles is 1. The quantitative estimate of drug-likeness (QED) is 0.861. The van der Waals surface area contributed by atoms with Gasteiger partial charge in [-0.05, 0) is 42.0 Å². The fraction of sp³-hybridized carbons (Fsp3) is 0.176. The van der Waals surface area contributed by atoms with Gasteiger partial charge in [-0.25, -0.2) is 13.1 Å². The zero-order chi connectivity index (χ0) is 19.8. The molecule has 0 bridgehead atoms. The van der Waals surface area contributed by atoms with Crippen LogP contribution in [0.4, 0.5) is 13.2 Å². The van der Waals surface area contributed by atoms with Crippen LogP contribution in [0.3, 0.4) is 0 Å². The number of alkyl halides is 3. The summed E-state index contributed by atoms with van der Waals surface area (Å²) in [5.74, 6) is -0.390. The molecule has 0 aliphatic carbocycles. The Bertz CT molecular complexity index is 1070. The lowest BCUT2D eigenvalue weighted by atomic mass is 10.1. The zero-order valence-corrected chi connectivity index (χ0v) is 14.3. The molecule has 10 heteroatoms. The molecule has 0 radical (unpaired) electrons. The van der Waals surface area contributed by atoms with Crippen molar-refractivity contribution in [3.63, 3.8) is 0 Å². The minimum Gasteiger partial charge on any atom is -0.493 e. The molecule has 27 heavy (non-hydrogen) atoms. The van der Waals surface area contributed by atoms with Crippen LogP contribution in [-0.2, 0) is 22.6 Å². The number of hydrogen-bond donors (Lipinski definition) is 1. The van der Waals surface area contributed by atoms with E-state index in [0.29, 0.717) is 24.8 Å².